The molecule has 0 spiro atoms. The normalized spacial score (nSPS) is 10.5. The lowest BCUT2D eigenvalue weighted by atomic mass is 10.2. The van der Waals surface area contributed by atoms with Gasteiger partial charge in [-0.05, 0) is 38.5 Å². The SMILES string of the molecule is Cc1ccc(C)c(-n2ccc(C)n2)n1. The molecule has 0 radical (unpaired) electrons. The highest BCUT2D eigenvalue weighted by Crippen LogP contribution is 2.11. The first-order valence-electron chi connectivity index (χ1n) is 4.64. The lowest BCUT2D eigenvalue weighted by Crippen LogP contribution is -2.02. The second kappa shape index (κ2) is 3.25. The summed E-state index contributed by atoms with van der Waals surface area (Å²) in [4.78, 5) is 4.46. The summed E-state index contributed by atoms with van der Waals surface area (Å²) < 4.78 is 1.82. The first-order valence-corrected chi connectivity index (χ1v) is 4.64. The molecule has 2 heterocycles. The topological polar surface area (TPSA) is 30.7 Å². The van der Waals surface area contributed by atoms with Crippen molar-refractivity contribution in [3.63, 3.8) is 0 Å². The molecule has 2 rings (SSSR count). The van der Waals surface area contributed by atoms with Gasteiger partial charge in [0, 0.05) is 11.9 Å². The molecule has 0 N–H and O–H groups in total. The van der Waals surface area contributed by atoms with Crippen LogP contribution >= 0.6 is 0 Å². The van der Waals surface area contributed by atoms with Gasteiger partial charge in [-0.15, -0.1) is 0 Å². The Hall–Kier alpha value is -1.64. The van der Waals surface area contributed by atoms with Gasteiger partial charge < -0.3 is 0 Å². The summed E-state index contributed by atoms with van der Waals surface area (Å²) >= 11 is 0. The van der Waals surface area contributed by atoms with Gasteiger partial charge in [-0.1, -0.05) is 6.07 Å². The molecule has 2 aromatic rings. The van der Waals surface area contributed by atoms with Gasteiger partial charge in [0.05, 0.1) is 5.69 Å². The largest absolute Gasteiger partial charge is 0.234 e. The van der Waals surface area contributed by atoms with E-state index in [0.29, 0.717) is 0 Å². The Kier molecular flexibility index (Phi) is 2.08. The van der Waals surface area contributed by atoms with Crippen LogP contribution in [0.5, 0.6) is 0 Å². The Morgan fingerprint density at radius 2 is 1.79 bits per heavy atom. The van der Waals surface area contributed by atoms with Gasteiger partial charge in [0.2, 0.25) is 0 Å². The van der Waals surface area contributed by atoms with Crippen LogP contribution in [0.2, 0.25) is 0 Å². The predicted octanol–water partition coefficient (Wildman–Crippen LogP) is 2.19. The number of rotatable bonds is 1. The van der Waals surface area contributed by atoms with E-state index in [1.54, 1.807) is 0 Å². The number of pyridine rings is 1. The highest BCUT2D eigenvalue weighted by molar-refractivity contribution is 5.33. The molecule has 0 amide bonds. The Bertz CT molecular complexity index is 457. The summed E-state index contributed by atoms with van der Waals surface area (Å²) in [6.45, 7) is 6.00. The highest BCUT2D eigenvalue weighted by Gasteiger charge is 2.03. The van der Waals surface area contributed by atoms with Crippen molar-refractivity contribution >= 4 is 0 Å². The van der Waals surface area contributed by atoms with Crippen LogP contribution in [0.15, 0.2) is 24.4 Å². The van der Waals surface area contributed by atoms with Crippen LogP contribution < -0.4 is 0 Å². The zero-order chi connectivity index (χ0) is 10.1. The van der Waals surface area contributed by atoms with E-state index in [1.807, 2.05) is 43.8 Å². The second-order valence-electron chi connectivity index (χ2n) is 3.49. The molecule has 0 aliphatic carbocycles. The summed E-state index contributed by atoms with van der Waals surface area (Å²) in [5.41, 5.74) is 3.16. The van der Waals surface area contributed by atoms with Gasteiger partial charge in [0.1, 0.15) is 0 Å². The van der Waals surface area contributed by atoms with E-state index in [4.69, 9.17) is 0 Å². The summed E-state index contributed by atoms with van der Waals surface area (Å²) in [6, 6.07) is 6.05. The van der Waals surface area contributed by atoms with Crippen molar-refractivity contribution in [2.24, 2.45) is 0 Å². The lowest BCUT2D eigenvalue weighted by Gasteiger charge is -2.05. The minimum atomic E-state index is 0.915. The molecule has 3 heteroatoms. The molecule has 0 unspecified atom stereocenters. The summed E-state index contributed by atoms with van der Waals surface area (Å²) in [5, 5.41) is 4.34. The van der Waals surface area contributed by atoms with E-state index < -0.39 is 0 Å². The predicted molar refractivity (Wildman–Crippen MR) is 55.6 cm³/mol. The molecule has 0 saturated heterocycles. The van der Waals surface area contributed by atoms with Crippen LogP contribution in [0.1, 0.15) is 17.0 Å². The first-order chi connectivity index (χ1) is 6.66. The molecule has 14 heavy (non-hydrogen) atoms. The maximum atomic E-state index is 4.46. The average Bonchev–Trinajstić information content (AvgIpc) is 2.56. The first kappa shape index (κ1) is 8.94. The smallest absolute Gasteiger partial charge is 0.156 e. The third-order valence-electron chi connectivity index (χ3n) is 2.15. The Labute approximate surface area is 83.4 Å². The number of aryl methyl sites for hydroxylation is 3. The van der Waals surface area contributed by atoms with Crippen LogP contribution in [0.3, 0.4) is 0 Å². The maximum absolute atomic E-state index is 4.46. The third kappa shape index (κ3) is 1.53. The number of hydrogen-bond acceptors (Lipinski definition) is 2. The van der Waals surface area contributed by atoms with Crippen molar-refractivity contribution < 1.29 is 0 Å². The van der Waals surface area contributed by atoms with Crippen molar-refractivity contribution in [2.45, 2.75) is 20.8 Å². The van der Waals surface area contributed by atoms with Crippen LogP contribution in [0, 0.1) is 20.8 Å². The summed E-state index contributed by atoms with van der Waals surface area (Å²) in [6.07, 6.45) is 1.93. The van der Waals surface area contributed by atoms with Gasteiger partial charge in [-0.25, -0.2) is 9.67 Å². The van der Waals surface area contributed by atoms with Crippen molar-refractivity contribution in [3.8, 4) is 5.82 Å². The fourth-order valence-electron chi connectivity index (χ4n) is 1.38. The molecule has 0 fully saturated rings. The molecule has 0 aliphatic heterocycles. The van der Waals surface area contributed by atoms with Crippen LogP contribution in [0.4, 0.5) is 0 Å². The monoisotopic (exact) mass is 187 g/mol. The van der Waals surface area contributed by atoms with E-state index >= 15 is 0 Å². The second-order valence-corrected chi connectivity index (χ2v) is 3.49. The molecule has 0 saturated carbocycles. The molecule has 2 aromatic heterocycles. The molecule has 0 aromatic carbocycles. The van der Waals surface area contributed by atoms with Gasteiger partial charge >= 0.3 is 0 Å². The standard InChI is InChI=1S/C11H13N3/c1-8-4-5-9(2)12-11(8)14-7-6-10(3)13-14/h4-7H,1-3H3. The Balaban J connectivity index is 2.55. The fourth-order valence-corrected chi connectivity index (χ4v) is 1.38. The lowest BCUT2D eigenvalue weighted by molar-refractivity contribution is 0.819. The van der Waals surface area contributed by atoms with Gasteiger partial charge in [-0.2, -0.15) is 5.10 Å². The average molecular weight is 187 g/mol. The van der Waals surface area contributed by atoms with Gasteiger partial charge in [0.15, 0.2) is 5.82 Å². The zero-order valence-corrected chi connectivity index (χ0v) is 8.65. The van der Waals surface area contributed by atoms with E-state index in [9.17, 15) is 0 Å². The molecule has 3 nitrogen and oxygen atoms in total. The quantitative estimate of drug-likeness (QED) is 0.685. The summed E-state index contributed by atoms with van der Waals surface area (Å²) in [5.74, 6) is 0.915. The molecule has 0 bridgehead atoms. The van der Waals surface area contributed by atoms with Crippen molar-refractivity contribution in [3.05, 3.63) is 41.3 Å². The highest BCUT2D eigenvalue weighted by atomic mass is 15.3. The molecular weight excluding hydrogens is 174 g/mol. The molecular formula is C11H13N3. The maximum Gasteiger partial charge on any atom is 0.156 e. The minimum Gasteiger partial charge on any atom is -0.234 e. The molecule has 0 atom stereocenters. The van der Waals surface area contributed by atoms with E-state index in [-0.39, 0.29) is 0 Å². The van der Waals surface area contributed by atoms with E-state index in [2.05, 4.69) is 16.1 Å². The van der Waals surface area contributed by atoms with Crippen LogP contribution in [-0.2, 0) is 0 Å². The number of nitrogens with zero attached hydrogens (tertiary/aromatic N) is 3. The molecule has 72 valence electrons. The number of hydrogen-bond donors (Lipinski definition) is 0. The number of aromatic nitrogens is 3. The van der Waals surface area contributed by atoms with E-state index in [0.717, 1.165) is 22.8 Å². The Morgan fingerprint density at radius 3 is 2.43 bits per heavy atom. The van der Waals surface area contributed by atoms with Crippen molar-refractivity contribution in [2.75, 3.05) is 0 Å². The van der Waals surface area contributed by atoms with E-state index in [1.165, 1.54) is 0 Å². The Morgan fingerprint density at radius 1 is 1.00 bits per heavy atom. The van der Waals surface area contributed by atoms with Crippen molar-refractivity contribution in [1.29, 1.82) is 0 Å². The van der Waals surface area contributed by atoms with Gasteiger partial charge in [-0.3, -0.25) is 0 Å². The molecule has 0 aliphatic rings. The minimum absolute atomic E-state index is 0.915. The van der Waals surface area contributed by atoms with Crippen LogP contribution in [-0.4, -0.2) is 14.8 Å². The van der Waals surface area contributed by atoms with Gasteiger partial charge in [0.25, 0.3) is 0 Å². The van der Waals surface area contributed by atoms with Crippen molar-refractivity contribution in [1.82, 2.24) is 14.8 Å². The van der Waals surface area contributed by atoms with Crippen LogP contribution in [0.25, 0.3) is 5.82 Å². The fraction of sp³-hybridized carbons (Fsp3) is 0.273. The zero-order valence-electron chi connectivity index (χ0n) is 8.65. The third-order valence-corrected chi connectivity index (χ3v) is 2.15. The summed E-state index contributed by atoms with van der Waals surface area (Å²) in [7, 11) is 0.